The number of nitrogens with one attached hydrogen (secondary N) is 1. The van der Waals surface area contributed by atoms with Crippen LogP contribution < -0.4 is 10.1 Å². The maximum atomic E-state index is 11.0. The molecule has 1 N–H and O–H groups in total. The van der Waals surface area contributed by atoms with Crippen LogP contribution in [0.5, 0.6) is 5.75 Å². The average Bonchev–Trinajstić information content (AvgIpc) is 2.72. The highest BCUT2D eigenvalue weighted by atomic mass is 16.6. The molecule has 3 rings (SSSR count). The molecule has 134 valence electrons. The summed E-state index contributed by atoms with van der Waals surface area (Å²) in [6.45, 7) is 0. The number of ether oxygens (including phenoxy) is 1. The molecule has 0 spiro atoms. The Morgan fingerprint density at radius 1 is 1.04 bits per heavy atom. The highest BCUT2D eigenvalue weighted by molar-refractivity contribution is 5.63. The minimum Gasteiger partial charge on any atom is -0.497 e. The second-order valence-electron chi connectivity index (χ2n) is 5.86. The quantitative estimate of drug-likeness (QED) is 0.510. The summed E-state index contributed by atoms with van der Waals surface area (Å²) < 4.78 is 5.22. The van der Waals surface area contributed by atoms with E-state index in [0.717, 1.165) is 16.9 Å². The van der Waals surface area contributed by atoms with Gasteiger partial charge in [-0.05, 0) is 29.3 Å². The molecule has 0 fully saturated rings. The van der Waals surface area contributed by atoms with Crippen molar-refractivity contribution >= 4 is 11.4 Å². The van der Waals surface area contributed by atoms with Gasteiger partial charge in [0.05, 0.1) is 29.3 Å². The Morgan fingerprint density at radius 3 is 2.30 bits per heavy atom. The van der Waals surface area contributed by atoms with Crippen molar-refractivity contribution in [2.75, 3.05) is 12.4 Å². The number of hydrogen-bond donors (Lipinski definition) is 1. The fourth-order valence-corrected chi connectivity index (χ4v) is 2.82. The first-order valence-corrected chi connectivity index (χ1v) is 8.26. The van der Waals surface area contributed by atoms with Crippen LogP contribution in [-0.2, 0) is 0 Å². The van der Waals surface area contributed by atoms with Crippen LogP contribution >= 0.6 is 0 Å². The lowest BCUT2D eigenvalue weighted by Gasteiger charge is -2.22. The maximum absolute atomic E-state index is 11.0. The third-order valence-electron chi connectivity index (χ3n) is 4.22. The largest absolute Gasteiger partial charge is 0.497 e. The van der Waals surface area contributed by atoms with Crippen LogP contribution in [-0.4, -0.2) is 12.0 Å². The lowest BCUT2D eigenvalue weighted by Crippen LogP contribution is -2.13. The molecule has 0 amide bonds. The zero-order chi connectivity index (χ0) is 19.2. The Kier molecular flexibility index (Phi) is 5.33. The van der Waals surface area contributed by atoms with E-state index in [1.165, 1.54) is 12.1 Å². The van der Waals surface area contributed by atoms with Crippen LogP contribution in [0.25, 0.3) is 0 Å². The van der Waals surface area contributed by atoms with Gasteiger partial charge in [-0.15, -0.1) is 0 Å². The summed E-state index contributed by atoms with van der Waals surface area (Å²) in [6, 6.07) is 23.4. The molecule has 0 aliphatic rings. The smallest absolute Gasteiger partial charge is 0.270 e. The molecule has 0 bridgehead atoms. The van der Waals surface area contributed by atoms with Crippen LogP contribution in [0.4, 0.5) is 11.4 Å². The number of non-ortho nitro benzene ring substituents is 1. The predicted molar refractivity (Wildman–Crippen MR) is 103 cm³/mol. The number of benzene rings is 3. The van der Waals surface area contributed by atoms with Gasteiger partial charge in [0.2, 0.25) is 0 Å². The summed E-state index contributed by atoms with van der Waals surface area (Å²) >= 11 is 0. The standard InChI is InChI=1S/C21H17N3O3/c1-27-19-10-7-16(8-11-19)21(15-5-3-2-4-6-15)23-20-12-9-18(24(25)26)13-17(20)14-22/h2-13,21,23H,1H3/t21-/m1/s1. The van der Waals surface area contributed by atoms with E-state index >= 15 is 0 Å². The fourth-order valence-electron chi connectivity index (χ4n) is 2.82. The molecule has 27 heavy (non-hydrogen) atoms. The number of methoxy groups -OCH3 is 1. The van der Waals surface area contributed by atoms with Crippen molar-refractivity contribution in [1.82, 2.24) is 0 Å². The summed E-state index contributed by atoms with van der Waals surface area (Å²) in [5, 5.41) is 23.7. The van der Waals surface area contributed by atoms with Gasteiger partial charge in [-0.3, -0.25) is 10.1 Å². The highest BCUT2D eigenvalue weighted by Gasteiger charge is 2.17. The summed E-state index contributed by atoms with van der Waals surface area (Å²) in [4.78, 5) is 10.5. The molecule has 0 aliphatic heterocycles. The molecule has 0 aliphatic carbocycles. The van der Waals surface area contributed by atoms with Gasteiger partial charge < -0.3 is 10.1 Å². The minimum absolute atomic E-state index is 0.113. The highest BCUT2D eigenvalue weighted by Crippen LogP contribution is 2.30. The van der Waals surface area contributed by atoms with E-state index in [9.17, 15) is 15.4 Å². The summed E-state index contributed by atoms with van der Waals surface area (Å²) in [6.07, 6.45) is 0. The average molecular weight is 359 g/mol. The van der Waals surface area contributed by atoms with Gasteiger partial charge in [0.25, 0.3) is 5.69 Å². The predicted octanol–water partition coefficient (Wildman–Crippen LogP) is 4.68. The first-order valence-electron chi connectivity index (χ1n) is 8.26. The Labute approximate surface area is 156 Å². The SMILES string of the molecule is COc1ccc([C@H](Nc2ccc([N+](=O)[O-])cc2C#N)c2ccccc2)cc1. The second kappa shape index (κ2) is 8.02. The van der Waals surface area contributed by atoms with E-state index in [-0.39, 0.29) is 17.3 Å². The van der Waals surface area contributed by atoms with Crippen molar-refractivity contribution in [3.05, 3.63) is 99.6 Å². The van der Waals surface area contributed by atoms with E-state index in [1.54, 1.807) is 13.2 Å². The monoisotopic (exact) mass is 359 g/mol. The number of nitro benzene ring substituents is 1. The second-order valence-corrected chi connectivity index (χ2v) is 5.86. The topological polar surface area (TPSA) is 88.2 Å². The van der Waals surface area contributed by atoms with Gasteiger partial charge >= 0.3 is 0 Å². The molecular weight excluding hydrogens is 342 g/mol. The van der Waals surface area contributed by atoms with E-state index in [0.29, 0.717) is 5.69 Å². The van der Waals surface area contributed by atoms with Crippen LogP contribution in [0.2, 0.25) is 0 Å². The van der Waals surface area contributed by atoms with Gasteiger partial charge in [-0.25, -0.2) is 0 Å². The van der Waals surface area contributed by atoms with E-state index in [2.05, 4.69) is 5.32 Å². The van der Waals surface area contributed by atoms with E-state index in [4.69, 9.17) is 4.74 Å². The summed E-state index contributed by atoms with van der Waals surface area (Å²) in [7, 11) is 1.61. The van der Waals surface area contributed by atoms with Crippen molar-refractivity contribution in [3.63, 3.8) is 0 Å². The van der Waals surface area contributed by atoms with Crippen molar-refractivity contribution in [2.45, 2.75) is 6.04 Å². The Bertz CT molecular complexity index is 980. The lowest BCUT2D eigenvalue weighted by atomic mass is 9.97. The molecule has 6 heteroatoms. The molecule has 3 aromatic rings. The zero-order valence-corrected chi connectivity index (χ0v) is 14.6. The number of anilines is 1. The van der Waals surface area contributed by atoms with Crippen LogP contribution in [0, 0.1) is 21.4 Å². The molecule has 6 nitrogen and oxygen atoms in total. The van der Waals surface area contributed by atoms with E-state index < -0.39 is 4.92 Å². The molecule has 0 saturated carbocycles. The first kappa shape index (κ1) is 18.0. The van der Waals surface area contributed by atoms with Crippen LogP contribution in [0.1, 0.15) is 22.7 Å². The molecule has 1 atom stereocenters. The number of hydrogen-bond acceptors (Lipinski definition) is 5. The van der Waals surface area contributed by atoms with Crippen molar-refractivity contribution in [3.8, 4) is 11.8 Å². The van der Waals surface area contributed by atoms with Crippen molar-refractivity contribution < 1.29 is 9.66 Å². The fraction of sp³-hybridized carbons (Fsp3) is 0.0952. The Hall–Kier alpha value is -3.85. The number of nitrogens with zero attached hydrogens (tertiary/aromatic N) is 2. The molecule has 0 radical (unpaired) electrons. The van der Waals surface area contributed by atoms with Gasteiger partial charge in [-0.2, -0.15) is 5.26 Å². The molecule has 0 saturated heterocycles. The zero-order valence-electron chi connectivity index (χ0n) is 14.6. The van der Waals surface area contributed by atoms with Crippen LogP contribution in [0.3, 0.4) is 0 Å². The molecule has 3 aromatic carbocycles. The maximum Gasteiger partial charge on any atom is 0.270 e. The summed E-state index contributed by atoms with van der Waals surface area (Å²) in [5.41, 5.74) is 2.62. The first-order chi connectivity index (χ1) is 13.1. The third kappa shape index (κ3) is 4.05. The molecular formula is C21H17N3O3. The van der Waals surface area contributed by atoms with Gasteiger partial charge in [0.1, 0.15) is 11.8 Å². The molecule has 0 heterocycles. The van der Waals surface area contributed by atoms with Crippen molar-refractivity contribution in [1.29, 1.82) is 5.26 Å². The Balaban J connectivity index is 2.02. The third-order valence-corrected chi connectivity index (χ3v) is 4.22. The van der Waals surface area contributed by atoms with E-state index in [1.807, 2.05) is 60.7 Å². The van der Waals surface area contributed by atoms with Crippen LogP contribution in [0.15, 0.2) is 72.8 Å². The molecule has 0 aromatic heterocycles. The molecule has 0 unspecified atom stereocenters. The minimum atomic E-state index is -0.511. The Morgan fingerprint density at radius 2 is 1.70 bits per heavy atom. The van der Waals surface area contributed by atoms with Gasteiger partial charge in [0, 0.05) is 12.1 Å². The van der Waals surface area contributed by atoms with Gasteiger partial charge in [-0.1, -0.05) is 42.5 Å². The lowest BCUT2D eigenvalue weighted by molar-refractivity contribution is -0.384. The normalized spacial score (nSPS) is 11.3. The number of rotatable bonds is 6. The van der Waals surface area contributed by atoms with Crippen molar-refractivity contribution in [2.24, 2.45) is 0 Å². The number of nitriles is 1. The van der Waals surface area contributed by atoms with Gasteiger partial charge in [0.15, 0.2) is 0 Å². The summed E-state index contributed by atoms with van der Waals surface area (Å²) in [5.74, 6) is 0.749. The number of nitro groups is 1.